The van der Waals surface area contributed by atoms with Crippen LogP contribution in [-0.2, 0) is 0 Å². The highest BCUT2D eigenvalue weighted by Crippen LogP contribution is 2.41. The van der Waals surface area contributed by atoms with E-state index in [0.29, 0.717) is 28.9 Å². The van der Waals surface area contributed by atoms with Gasteiger partial charge < -0.3 is 10.1 Å². The van der Waals surface area contributed by atoms with E-state index in [9.17, 15) is 4.79 Å². The zero-order chi connectivity index (χ0) is 18.8. The van der Waals surface area contributed by atoms with Crippen LogP contribution in [0.2, 0.25) is 5.02 Å². The Hall–Kier alpha value is -2.86. The van der Waals surface area contributed by atoms with E-state index in [1.54, 1.807) is 12.1 Å². The normalized spacial score (nSPS) is 18.1. The van der Waals surface area contributed by atoms with E-state index in [-0.39, 0.29) is 11.9 Å². The van der Waals surface area contributed by atoms with Crippen LogP contribution in [-0.4, -0.2) is 33.5 Å². The molecular formula is C20H19ClN4O2. The number of carbonyl (C=O) groups excluding carboxylic acids is 1. The van der Waals surface area contributed by atoms with Crippen LogP contribution in [0.3, 0.4) is 0 Å². The van der Waals surface area contributed by atoms with Gasteiger partial charge in [0.05, 0.1) is 23.5 Å². The summed E-state index contributed by atoms with van der Waals surface area (Å²) in [6.45, 7) is 2.61. The van der Waals surface area contributed by atoms with Gasteiger partial charge in [-0.05, 0) is 43.2 Å². The Kier molecular flexibility index (Phi) is 4.81. The molecule has 0 radical (unpaired) electrons. The molecule has 2 aromatic carbocycles. The molecule has 1 aliphatic rings. The lowest BCUT2D eigenvalue weighted by atomic mass is 10.1. The zero-order valence-electron chi connectivity index (χ0n) is 14.8. The van der Waals surface area contributed by atoms with Crippen LogP contribution in [0, 0.1) is 0 Å². The summed E-state index contributed by atoms with van der Waals surface area (Å²) in [5.74, 6) is 0.963. The molecule has 0 bridgehead atoms. The van der Waals surface area contributed by atoms with Crippen LogP contribution in [0.25, 0.3) is 5.69 Å². The second-order valence-electron chi connectivity index (χ2n) is 6.41. The molecule has 7 heteroatoms. The van der Waals surface area contributed by atoms with Crippen molar-refractivity contribution in [2.45, 2.75) is 25.3 Å². The fourth-order valence-electron chi connectivity index (χ4n) is 3.13. The first-order valence-corrected chi connectivity index (χ1v) is 9.24. The maximum atomic E-state index is 12.7. The van der Waals surface area contributed by atoms with Gasteiger partial charge in [0.15, 0.2) is 5.69 Å². The fraction of sp³-hybridized carbons (Fsp3) is 0.250. The van der Waals surface area contributed by atoms with E-state index in [1.807, 2.05) is 31.2 Å². The standard InChI is InChI=1S/C20H19ClN4O2/c1-2-27-14-9-7-13(8-10-14)15-11-17(15)23-20(26)19-12-22-24-25(19)18-6-4-3-5-16(18)21/h3-10,12,15,17H,2,11H2,1H3,(H,23,26)/t15-,17+/m0/s1. The Bertz CT molecular complexity index is 955. The predicted octanol–water partition coefficient (Wildman–Crippen LogP) is 3.61. The van der Waals surface area contributed by atoms with Crippen molar-refractivity contribution in [3.05, 3.63) is 71.0 Å². The van der Waals surface area contributed by atoms with Gasteiger partial charge >= 0.3 is 0 Å². The van der Waals surface area contributed by atoms with Crippen LogP contribution in [0.1, 0.15) is 35.3 Å². The molecule has 2 atom stereocenters. The zero-order valence-corrected chi connectivity index (χ0v) is 15.6. The number of ether oxygens (including phenoxy) is 1. The van der Waals surface area contributed by atoms with Crippen molar-refractivity contribution in [2.75, 3.05) is 6.61 Å². The first-order chi connectivity index (χ1) is 13.2. The number of hydrogen-bond acceptors (Lipinski definition) is 4. The molecule has 3 aromatic rings. The molecule has 138 valence electrons. The second kappa shape index (κ2) is 7.40. The van der Waals surface area contributed by atoms with Gasteiger partial charge in [0.2, 0.25) is 0 Å². The monoisotopic (exact) mass is 382 g/mol. The third-order valence-corrected chi connectivity index (χ3v) is 4.91. The van der Waals surface area contributed by atoms with E-state index in [2.05, 4.69) is 27.8 Å². The summed E-state index contributed by atoms with van der Waals surface area (Å²) in [6.07, 6.45) is 2.36. The van der Waals surface area contributed by atoms with E-state index < -0.39 is 0 Å². The van der Waals surface area contributed by atoms with Crippen molar-refractivity contribution in [1.29, 1.82) is 0 Å². The summed E-state index contributed by atoms with van der Waals surface area (Å²) in [5, 5.41) is 11.5. The van der Waals surface area contributed by atoms with E-state index >= 15 is 0 Å². The highest BCUT2D eigenvalue weighted by molar-refractivity contribution is 6.32. The molecule has 6 nitrogen and oxygen atoms in total. The van der Waals surface area contributed by atoms with Crippen molar-refractivity contribution >= 4 is 17.5 Å². The summed E-state index contributed by atoms with van der Waals surface area (Å²) in [6, 6.07) is 15.4. The van der Waals surface area contributed by atoms with Gasteiger partial charge in [-0.2, -0.15) is 0 Å². The third-order valence-electron chi connectivity index (χ3n) is 4.59. The number of para-hydroxylation sites is 1. The van der Waals surface area contributed by atoms with Crippen molar-refractivity contribution in [1.82, 2.24) is 20.3 Å². The molecule has 1 heterocycles. The summed E-state index contributed by atoms with van der Waals surface area (Å²) >= 11 is 6.22. The molecule has 1 amide bonds. The van der Waals surface area contributed by atoms with Gasteiger partial charge in [-0.1, -0.05) is 41.1 Å². The molecule has 0 spiro atoms. The van der Waals surface area contributed by atoms with Gasteiger partial charge in [0.25, 0.3) is 5.91 Å². The minimum Gasteiger partial charge on any atom is -0.494 e. The molecule has 1 fully saturated rings. The average Bonchev–Trinajstić information content (AvgIpc) is 3.26. The number of benzene rings is 2. The van der Waals surface area contributed by atoms with Crippen molar-refractivity contribution in [2.24, 2.45) is 0 Å². The van der Waals surface area contributed by atoms with Crippen LogP contribution in [0.4, 0.5) is 0 Å². The summed E-state index contributed by atoms with van der Waals surface area (Å²) in [4.78, 5) is 12.7. The Labute approximate surface area is 162 Å². The van der Waals surface area contributed by atoms with Crippen LogP contribution >= 0.6 is 11.6 Å². The number of nitrogens with one attached hydrogen (secondary N) is 1. The molecule has 1 N–H and O–H groups in total. The first kappa shape index (κ1) is 17.5. The maximum Gasteiger partial charge on any atom is 0.271 e. The molecule has 27 heavy (non-hydrogen) atoms. The van der Waals surface area contributed by atoms with Crippen LogP contribution in [0.5, 0.6) is 5.75 Å². The number of aromatic nitrogens is 3. The van der Waals surface area contributed by atoms with Crippen molar-refractivity contribution < 1.29 is 9.53 Å². The molecule has 0 unspecified atom stereocenters. The summed E-state index contributed by atoms with van der Waals surface area (Å²) < 4.78 is 6.93. The Morgan fingerprint density at radius 3 is 2.78 bits per heavy atom. The second-order valence-corrected chi connectivity index (χ2v) is 6.81. The van der Waals surface area contributed by atoms with Crippen molar-refractivity contribution in [3.8, 4) is 11.4 Å². The Morgan fingerprint density at radius 1 is 1.26 bits per heavy atom. The quantitative estimate of drug-likeness (QED) is 0.707. The molecule has 0 aliphatic heterocycles. The first-order valence-electron chi connectivity index (χ1n) is 8.86. The largest absolute Gasteiger partial charge is 0.494 e. The summed E-state index contributed by atoms with van der Waals surface area (Å²) in [5.41, 5.74) is 2.18. The number of nitrogens with zero attached hydrogens (tertiary/aromatic N) is 3. The molecule has 1 aliphatic carbocycles. The lowest BCUT2D eigenvalue weighted by Crippen LogP contribution is -2.28. The minimum atomic E-state index is -0.210. The summed E-state index contributed by atoms with van der Waals surface area (Å²) in [7, 11) is 0. The van der Waals surface area contributed by atoms with Crippen molar-refractivity contribution in [3.63, 3.8) is 0 Å². The number of halogens is 1. The van der Waals surface area contributed by atoms with Crippen LogP contribution in [0.15, 0.2) is 54.7 Å². The Balaban J connectivity index is 1.44. The molecular weight excluding hydrogens is 364 g/mol. The Morgan fingerprint density at radius 2 is 2.04 bits per heavy atom. The van der Waals surface area contributed by atoms with Gasteiger partial charge in [-0.3, -0.25) is 4.79 Å². The highest BCUT2D eigenvalue weighted by Gasteiger charge is 2.40. The molecule has 1 aromatic heterocycles. The highest BCUT2D eigenvalue weighted by atomic mass is 35.5. The van der Waals surface area contributed by atoms with Gasteiger partial charge in [-0.15, -0.1) is 5.10 Å². The van der Waals surface area contributed by atoms with Gasteiger partial charge in [-0.25, -0.2) is 4.68 Å². The van der Waals surface area contributed by atoms with E-state index in [0.717, 1.165) is 12.2 Å². The number of hydrogen-bond donors (Lipinski definition) is 1. The molecule has 0 saturated heterocycles. The number of rotatable bonds is 6. The maximum absolute atomic E-state index is 12.7. The smallest absolute Gasteiger partial charge is 0.271 e. The average molecular weight is 383 g/mol. The number of carbonyl (C=O) groups is 1. The van der Waals surface area contributed by atoms with E-state index in [4.69, 9.17) is 16.3 Å². The lowest BCUT2D eigenvalue weighted by molar-refractivity contribution is 0.0942. The minimum absolute atomic E-state index is 0.102. The van der Waals surface area contributed by atoms with Crippen LogP contribution < -0.4 is 10.1 Å². The lowest BCUT2D eigenvalue weighted by Gasteiger charge is -2.09. The number of amides is 1. The molecule has 4 rings (SSSR count). The van der Waals surface area contributed by atoms with Gasteiger partial charge in [0, 0.05) is 12.0 Å². The molecule has 1 saturated carbocycles. The third kappa shape index (κ3) is 3.66. The van der Waals surface area contributed by atoms with E-state index in [1.165, 1.54) is 16.4 Å². The predicted molar refractivity (Wildman–Crippen MR) is 103 cm³/mol. The topological polar surface area (TPSA) is 69.0 Å². The fourth-order valence-corrected chi connectivity index (χ4v) is 3.35. The van der Waals surface area contributed by atoms with Gasteiger partial charge in [0.1, 0.15) is 5.75 Å². The SMILES string of the molecule is CCOc1ccc([C@@H]2C[C@H]2NC(=O)c2cnnn2-c2ccccc2Cl)cc1.